The van der Waals surface area contributed by atoms with Crippen molar-refractivity contribution in [2.24, 2.45) is 0 Å². The Morgan fingerprint density at radius 1 is 0.938 bits per heavy atom. The minimum absolute atomic E-state index is 0.0781. The van der Waals surface area contributed by atoms with Crippen molar-refractivity contribution in [3.63, 3.8) is 0 Å². The Kier molecular flexibility index (Phi) is 6.37. The number of benzene rings is 3. The quantitative estimate of drug-likeness (QED) is 0.566. The van der Waals surface area contributed by atoms with E-state index in [9.17, 15) is 14.7 Å². The molecule has 4 rings (SSSR count). The molecule has 3 aromatic carbocycles. The van der Waals surface area contributed by atoms with Gasteiger partial charge in [-0.1, -0.05) is 48.5 Å². The molecule has 0 saturated heterocycles. The molecular weight excluding hydrogens is 412 g/mol. The van der Waals surface area contributed by atoms with E-state index in [2.05, 4.69) is 0 Å². The van der Waals surface area contributed by atoms with Crippen LogP contribution in [-0.4, -0.2) is 30.9 Å². The largest absolute Gasteiger partial charge is 0.465 e. The summed E-state index contributed by atoms with van der Waals surface area (Å²) in [5.74, 6) is -1.02. The molecule has 0 spiro atoms. The fourth-order valence-corrected chi connectivity index (χ4v) is 3.50. The van der Waals surface area contributed by atoms with Gasteiger partial charge < -0.3 is 24.1 Å². The lowest BCUT2D eigenvalue weighted by Crippen LogP contribution is -2.23. The van der Waals surface area contributed by atoms with E-state index in [1.807, 2.05) is 30.3 Å². The summed E-state index contributed by atoms with van der Waals surface area (Å²) in [5, 5.41) is 11.1. The molecule has 7 heteroatoms. The first-order chi connectivity index (χ1) is 15.6. The van der Waals surface area contributed by atoms with Crippen molar-refractivity contribution < 1.29 is 33.6 Å². The molecule has 0 bridgehead atoms. The lowest BCUT2D eigenvalue weighted by Gasteiger charge is -2.23. The van der Waals surface area contributed by atoms with Crippen molar-refractivity contribution in [3.8, 4) is 11.5 Å². The summed E-state index contributed by atoms with van der Waals surface area (Å²) in [6.45, 7) is 0.175. The van der Waals surface area contributed by atoms with Crippen LogP contribution in [0.1, 0.15) is 39.1 Å². The third-order valence-electron chi connectivity index (χ3n) is 5.22. The van der Waals surface area contributed by atoms with Gasteiger partial charge in [-0.3, -0.25) is 4.79 Å². The van der Waals surface area contributed by atoms with Gasteiger partial charge in [-0.15, -0.1) is 0 Å². The summed E-state index contributed by atoms with van der Waals surface area (Å²) in [7, 11) is 1.30. The zero-order valence-corrected chi connectivity index (χ0v) is 17.4. The van der Waals surface area contributed by atoms with E-state index < -0.39 is 24.0 Å². The van der Waals surface area contributed by atoms with Gasteiger partial charge in [-0.2, -0.15) is 0 Å². The van der Waals surface area contributed by atoms with Crippen LogP contribution in [0.4, 0.5) is 0 Å². The first kappa shape index (κ1) is 21.4. The standard InChI is InChI=1S/C25H22O7/c1-29-24(27)18-9-7-17(8-10-18)23(26)22(19-11-12-20-21(13-19)32-15-31-20)25(28)30-14-16-5-3-2-4-6-16/h2-13,22-23,26H,14-15H2,1H3. The average molecular weight is 434 g/mol. The Morgan fingerprint density at radius 2 is 1.62 bits per heavy atom. The molecule has 164 valence electrons. The van der Waals surface area contributed by atoms with Crippen LogP contribution in [0, 0.1) is 0 Å². The molecule has 3 aromatic rings. The Morgan fingerprint density at radius 3 is 2.34 bits per heavy atom. The fourth-order valence-electron chi connectivity index (χ4n) is 3.50. The number of rotatable bonds is 7. The molecule has 0 amide bonds. The summed E-state index contributed by atoms with van der Waals surface area (Å²) >= 11 is 0. The Labute approximate surface area is 185 Å². The highest BCUT2D eigenvalue weighted by atomic mass is 16.7. The van der Waals surface area contributed by atoms with Gasteiger partial charge in [0.25, 0.3) is 0 Å². The van der Waals surface area contributed by atoms with Crippen LogP contribution >= 0.6 is 0 Å². The van der Waals surface area contributed by atoms with Crippen molar-refractivity contribution >= 4 is 11.9 Å². The molecule has 2 unspecified atom stereocenters. The predicted molar refractivity (Wildman–Crippen MR) is 114 cm³/mol. The van der Waals surface area contributed by atoms with E-state index >= 15 is 0 Å². The molecule has 0 saturated carbocycles. The van der Waals surface area contributed by atoms with E-state index in [1.54, 1.807) is 30.3 Å². The Hall–Kier alpha value is -3.84. The van der Waals surface area contributed by atoms with Crippen LogP contribution < -0.4 is 9.47 Å². The minimum atomic E-state index is -1.22. The van der Waals surface area contributed by atoms with Crippen molar-refractivity contribution in [3.05, 3.63) is 95.1 Å². The maximum absolute atomic E-state index is 13.1. The number of carbonyl (C=O) groups excluding carboxylic acids is 2. The van der Waals surface area contributed by atoms with Gasteiger partial charge in [-0.25, -0.2) is 4.79 Å². The van der Waals surface area contributed by atoms with Crippen molar-refractivity contribution in [2.45, 2.75) is 18.6 Å². The number of hydrogen-bond donors (Lipinski definition) is 1. The van der Waals surface area contributed by atoms with E-state index in [-0.39, 0.29) is 13.4 Å². The van der Waals surface area contributed by atoms with Gasteiger partial charge in [0.05, 0.1) is 18.8 Å². The first-order valence-electron chi connectivity index (χ1n) is 10.0. The van der Waals surface area contributed by atoms with Crippen LogP contribution in [0.2, 0.25) is 0 Å². The number of carbonyl (C=O) groups is 2. The van der Waals surface area contributed by atoms with Crippen LogP contribution in [-0.2, 0) is 20.9 Å². The average Bonchev–Trinajstić information content (AvgIpc) is 3.31. The minimum Gasteiger partial charge on any atom is -0.465 e. The van der Waals surface area contributed by atoms with Gasteiger partial charge in [0.1, 0.15) is 12.5 Å². The van der Waals surface area contributed by atoms with Crippen LogP contribution in [0.15, 0.2) is 72.8 Å². The zero-order valence-electron chi connectivity index (χ0n) is 17.4. The lowest BCUT2D eigenvalue weighted by molar-refractivity contribution is -0.149. The molecule has 0 fully saturated rings. The summed E-state index contributed by atoms with van der Waals surface area (Å²) in [6, 6.07) is 20.6. The van der Waals surface area contributed by atoms with Crippen molar-refractivity contribution in [2.75, 3.05) is 13.9 Å². The molecule has 1 heterocycles. The lowest BCUT2D eigenvalue weighted by atomic mass is 9.88. The highest BCUT2D eigenvalue weighted by molar-refractivity contribution is 5.89. The smallest absolute Gasteiger partial charge is 0.337 e. The molecule has 7 nitrogen and oxygen atoms in total. The maximum atomic E-state index is 13.1. The number of aliphatic hydroxyl groups is 1. The highest BCUT2D eigenvalue weighted by Gasteiger charge is 2.33. The Balaban J connectivity index is 1.62. The van der Waals surface area contributed by atoms with Gasteiger partial charge >= 0.3 is 11.9 Å². The number of hydrogen-bond acceptors (Lipinski definition) is 7. The van der Waals surface area contributed by atoms with Crippen LogP contribution in [0.25, 0.3) is 0 Å². The normalized spacial score (nSPS) is 13.8. The molecule has 1 N–H and O–H groups in total. The molecule has 0 aliphatic carbocycles. The molecule has 32 heavy (non-hydrogen) atoms. The van der Waals surface area contributed by atoms with Crippen LogP contribution in [0.5, 0.6) is 11.5 Å². The summed E-state index contributed by atoms with van der Waals surface area (Å²) in [5.41, 5.74) is 2.16. The van der Waals surface area contributed by atoms with E-state index in [0.29, 0.717) is 28.2 Å². The molecule has 1 aliphatic heterocycles. The topological polar surface area (TPSA) is 91.3 Å². The van der Waals surface area contributed by atoms with Gasteiger partial charge in [-0.05, 0) is 41.0 Å². The van der Waals surface area contributed by atoms with Crippen molar-refractivity contribution in [1.29, 1.82) is 0 Å². The first-order valence-corrected chi connectivity index (χ1v) is 10.0. The SMILES string of the molecule is COC(=O)c1ccc(C(O)C(C(=O)OCc2ccccc2)c2ccc3c(c2)OCO3)cc1. The molecule has 2 atom stereocenters. The second kappa shape index (κ2) is 9.53. The second-order valence-electron chi connectivity index (χ2n) is 7.24. The number of fused-ring (bicyclic) bond motifs is 1. The zero-order chi connectivity index (χ0) is 22.5. The fraction of sp³-hybridized carbons (Fsp3) is 0.200. The summed E-state index contributed by atoms with van der Waals surface area (Å²) < 4.78 is 21.0. The predicted octanol–water partition coefficient (Wildman–Crippen LogP) is 3.76. The summed E-state index contributed by atoms with van der Waals surface area (Å²) in [4.78, 5) is 24.8. The van der Waals surface area contributed by atoms with E-state index in [0.717, 1.165) is 5.56 Å². The summed E-state index contributed by atoms with van der Waals surface area (Å²) in [6.07, 6.45) is -1.22. The number of ether oxygens (including phenoxy) is 4. The Bertz CT molecular complexity index is 1090. The molecule has 1 aliphatic rings. The van der Waals surface area contributed by atoms with E-state index in [4.69, 9.17) is 18.9 Å². The van der Waals surface area contributed by atoms with Gasteiger partial charge in [0.2, 0.25) is 6.79 Å². The maximum Gasteiger partial charge on any atom is 0.337 e. The highest BCUT2D eigenvalue weighted by Crippen LogP contribution is 2.39. The monoisotopic (exact) mass is 434 g/mol. The second-order valence-corrected chi connectivity index (χ2v) is 7.24. The number of aliphatic hydroxyl groups excluding tert-OH is 1. The third kappa shape index (κ3) is 4.58. The number of methoxy groups -OCH3 is 1. The molecular formula is C25H22O7. The van der Waals surface area contributed by atoms with Crippen LogP contribution in [0.3, 0.4) is 0 Å². The number of esters is 2. The molecule has 0 radical (unpaired) electrons. The van der Waals surface area contributed by atoms with E-state index in [1.165, 1.54) is 19.2 Å². The van der Waals surface area contributed by atoms with Gasteiger partial charge in [0.15, 0.2) is 11.5 Å². The van der Waals surface area contributed by atoms with Gasteiger partial charge in [0, 0.05) is 0 Å². The molecule has 0 aromatic heterocycles. The van der Waals surface area contributed by atoms with Crippen molar-refractivity contribution in [1.82, 2.24) is 0 Å². The third-order valence-corrected chi connectivity index (χ3v) is 5.22.